The lowest BCUT2D eigenvalue weighted by molar-refractivity contribution is -0.121. The van der Waals surface area contributed by atoms with E-state index in [0.29, 0.717) is 0 Å². The number of amides is 1. The van der Waals surface area contributed by atoms with Gasteiger partial charge in [0.05, 0.1) is 0 Å². The SMILES string of the molecule is CCCCCCCCCCCCCNC(=O)CCCCCCCCCCCCC. The fourth-order valence-electron chi connectivity index (χ4n) is 4.06. The normalized spacial score (nSPS) is 11.1. The van der Waals surface area contributed by atoms with Crippen LogP contribution in [0.15, 0.2) is 0 Å². The Bertz CT molecular complexity index is 316. The van der Waals surface area contributed by atoms with Gasteiger partial charge in [-0.3, -0.25) is 4.79 Å². The van der Waals surface area contributed by atoms with Crippen molar-refractivity contribution in [3.05, 3.63) is 0 Å². The Labute approximate surface area is 184 Å². The van der Waals surface area contributed by atoms with Gasteiger partial charge >= 0.3 is 0 Å². The average molecular weight is 410 g/mol. The molecule has 2 heteroatoms. The van der Waals surface area contributed by atoms with E-state index >= 15 is 0 Å². The first-order valence-corrected chi connectivity index (χ1v) is 13.6. The highest BCUT2D eigenvalue weighted by molar-refractivity contribution is 5.75. The number of hydrogen-bond acceptors (Lipinski definition) is 1. The molecule has 0 saturated heterocycles. The molecule has 0 spiro atoms. The van der Waals surface area contributed by atoms with E-state index in [1.54, 1.807) is 0 Å². The maximum absolute atomic E-state index is 11.9. The summed E-state index contributed by atoms with van der Waals surface area (Å²) in [5.74, 6) is 0.271. The van der Waals surface area contributed by atoms with Gasteiger partial charge in [0.25, 0.3) is 0 Å². The van der Waals surface area contributed by atoms with E-state index in [1.807, 2.05) is 0 Å². The first-order valence-electron chi connectivity index (χ1n) is 13.6. The van der Waals surface area contributed by atoms with Gasteiger partial charge in [0.15, 0.2) is 0 Å². The molecule has 0 aromatic carbocycles. The Balaban J connectivity index is 3.13. The Morgan fingerprint density at radius 1 is 0.448 bits per heavy atom. The van der Waals surface area contributed by atoms with E-state index in [1.165, 1.54) is 128 Å². The molecule has 174 valence electrons. The minimum atomic E-state index is 0.271. The number of nitrogens with one attached hydrogen (secondary N) is 1. The van der Waals surface area contributed by atoms with Gasteiger partial charge in [0, 0.05) is 13.0 Å². The zero-order chi connectivity index (χ0) is 21.3. The van der Waals surface area contributed by atoms with Crippen LogP contribution in [-0.2, 0) is 4.79 Å². The summed E-state index contributed by atoms with van der Waals surface area (Å²) in [7, 11) is 0. The molecular weight excluding hydrogens is 354 g/mol. The molecule has 0 unspecified atom stereocenters. The fourth-order valence-corrected chi connectivity index (χ4v) is 4.06. The predicted octanol–water partition coefficient (Wildman–Crippen LogP) is 9.11. The van der Waals surface area contributed by atoms with Crippen LogP contribution in [0.4, 0.5) is 0 Å². The van der Waals surface area contributed by atoms with Gasteiger partial charge in [-0.05, 0) is 12.8 Å². The van der Waals surface area contributed by atoms with Crippen molar-refractivity contribution in [2.45, 2.75) is 162 Å². The molecular formula is C27H55NO. The van der Waals surface area contributed by atoms with E-state index in [-0.39, 0.29) is 5.91 Å². The molecule has 0 radical (unpaired) electrons. The number of unbranched alkanes of at least 4 members (excludes halogenated alkanes) is 20. The summed E-state index contributed by atoms with van der Waals surface area (Å²) < 4.78 is 0. The fraction of sp³-hybridized carbons (Fsp3) is 0.963. The van der Waals surface area contributed by atoms with E-state index in [9.17, 15) is 4.79 Å². The number of rotatable bonds is 24. The first-order chi connectivity index (χ1) is 14.3. The van der Waals surface area contributed by atoms with Gasteiger partial charge in [-0.25, -0.2) is 0 Å². The van der Waals surface area contributed by atoms with Gasteiger partial charge in [-0.1, -0.05) is 142 Å². The molecule has 0 aliphatic heterocycles. The maximum atomic E-state index is 11.9. The Morgan fingerprint density at radius 3 is 1.14 bits per heavy atom. The molecule has 0 aromatic heterocycles. The summed E-state index contributed by atoms with van der Waals surface area (Å²) in [4.78, 5) is 11.9. The van der Waals surface area contributed by atoms with Crippen molar-refractivity contribution >= 4 is 5.91 Å². The van der Waals surface area contributed by atoms with Gasteiger partial charge in [-0.2, -0.15) is 0 Å². The van der Waals surface area contributed by atoms with Crippen LogP contribution in [0.3, 0.4) is 0 Å². The second kappa shape index (κ2) is 25.5. The van der Waals surface area contributed by atoms with Crippen LogP contribution < -0.4 is 5.32 Å². The minimum absolute atomic E-state index is 0.271. The van der Waals surface area contributed by atoms with Crippen LogP contribution in [0.25, 0.3) is 0 Å². The largest absolute Gasteiger partial charge is 0.356 e. The van der Waals surface area contributed by atoms with Crippen LogP contribution in [0.5, 0.6) is 0 Å². The second-order valence-electron chi connectivity index (χ2n) is 9.17. The van der Waals surface area contributed by atoms with E-state index in [0.717, 1.165) is 25.8 Å². The molecule has 0 bridgehead atoms. The van der Waals surface area contributed by atoms with Crippen molar-refractivity contribution in [1.29, 1.82) is 0 Å². The van der Waals surface area contributed by atoms with Crippen molar-refractivity contribution in [3.63, 3.8) is 0 Å². The van der Waals surface area contributed by atoms with Crippen LogP contribution >= 0.6 is 0 Å². The van der Waals surface area contributed by atoms with E-state index < -0.39 is 0 Å². The van der Waals surface area contributed by atoms with Crippen molar-refractivity contribution < 1.29 is 4.79 Å². The van der Waals surface area contributed by atoms with Gasteiger partial charge in [0.2, 0.25) is 5.91 Å². The van der Waals surface area contributed by atoms with Crippen LogP contribution in [0.2, 0.25) is 0 Å². The average Bonchev–Trinajstić information content (AvgIpc) is 2.72. The lowest BCUT2D eigenvalue weighted by Crippen LogP contribution is -2.23. The van der Waals surface area contributed by atoms with E-state index in [4.69, 9.17) is 0 Å². The van der Waals surface area contributed by atoms with Gasteiger partial charge < -0.3 is 5.32 Å². The zero-order valence-electron chi connectivity index (χ0n) is 20.4. The molecule has 29 heavy (non-hydrogen) atoms. The van der Waals surface area contributed by atoms with Crippen molar-refractivity contribution in [1.82, 2.24) is 5.32 Å². The molecule has 0 rings (SSSR count). The monoisotopic (exact) mass is 409 g/mol. The minimum Gasteiger partial charge on any atom is -0.356 e. The number of carbonyl (C=O) groups is 1. The first kappa shape index (κ1) is 28.5. The third kappa shape index (κ3) is 25.4. The molecule has 0 aromatic rings. The Morgan fingerprint density at radius 2 is 0.759 bits per heavy atom. The highest BCUT2D eigenvalue weighted by Gasteiger charge is 2.01. The summed E-state index contributed by atoms with van der Waals surface area (Å²) in [5.41, 5.74) is 0. The van der Waals surface area contributed by atoms with E-state index in [2.05, 4.69) is 19.2 Å². The summed E-state index contributed by atoms with van der Waals surface area (Å²) >= 11 is 0. The molecule has 2 nitrogen and oxygen atoms in total. The van der Waals surface area contributed by atoms with Crippen molar-refractivity contribution in [2.24, 2.45) is 0 Å². The molecule has 1 N–H and O–H groups in total. The summed E-state index contributed by atoms with van der Waals surface area (Å²) in [5, 5.41) is 3.11. The predicted molar refractivity (Wildman–Crippen MR) is 131 cm³/mol. The molecule has 0 aliphatic carbocycles. The summed E-state index contributed by atoms with van der Waals surface area (Å²) in [6.07, 6.45) is 30.5. The summed E-state index contributed by atoms with van der Waals surface area (Å²) in [6, 6.07) is 0. The van der Waals surface area contributed by atoms with Crippen LogP contribution in [-0.4, -0.2) is 12.5 Å². The quantitative estimate of drug-likeness (QED) is 0.158. The lowest BCUT2D eigenvalue weighted by atomic mass is 10.1. The Kier molecular flexibility index (Phi) is 25.0. The highest BCUT2D eigenvalue weighted by Crippen LogP contribution is 2.12. The Hall–Kier alpha value is -0.530. The standard InChI is InChI=1S/C27H55NO/c1-3-5-7-9-11-13-15-17-19-21-23-25-27(29)28-26-24-22-20-18-16-14-12-10-8-6-4-2/h3-26H2,1-2H3,(H,28,29). The maximum Gasteiger partial charge on any atom is 0.219 e. The van der Waals surface area contributed by atoms with Gasteiger partial charge in [0.1, 0.15) is 0 Å². The number of hydrogen-bond donors (Lipinski definition) is 1. The molecule has 0 atom stereocenters. The zero-order valence-corrected chi connectivity index (χ0v) is 20.4. The molecule has 0 aliphatic rings. The topological polar surface area (TPSA) is 29.1 Å². The van der Waals surface area contributed by atoms with Crippen LogP contribution in [0, 0.1) is 0 Å². The molecule has 0 heterocycles. The van der Waals surface area contributed by atoms with Gasteiger partial charge in [-0.15, -0.1) is 0 Å². The van der Waals surface area contributed by atoms with Crippen molar-refractivity contribution in [2.75, 3.05) is 6.54 Å². The number of carbonyl (C=O) groups excluding carboxylic acids is 1. The highest BCUT2D eigenvalue weighted by atomic mass is 16.1. The summed E-state index contributed by atoms with van der Waals surface area (Å²) in [6.45, 7) is 5.44. The lowest BCUT2D eigenvalue weighted by Gasteiger charge is -2.06. The van der Waals surface area contributed by atoms with Crippen LogP contribution in [0.1, 0.15) is 162 Å². The van der Waals surface area contributed by atoms with Crippen molar-refractivity contribution in [3.8, 4) is 0 Å². The molecule has 0 saturated carbocycles. The smallest absolute Gasteiger partial charge is 0.219 e. The molecule has 0 fully saturated rings. The third-order valence-corrected chi connectivity index (χ3v) is 6.11. The second-order valence-corrected chi connectivity index (χ2v) is 9.17. The third-order valence-electron chi connectivity index (χ3n) is 6.11. The molecule has 1 amide bonds.